The molecule has 2 saturated heterocycles. The van der Waals surface area contributed by atoms with Crippen molar-refractivity contribution in [1.29, 1.82) is 0 Å². The first-order valence-corrected chi connectivity index (χ1v) is 9.33. The van der Waals surface area contributed by atoms with Crippen LogP contribution in [0.15, 0.2) is 12.4 Å². The van der Waals surface area contributed by atoms with Gasteiger partial charge in [-0.3, -0.25) is 9.69 Å². The van der Waals surface area contributed by atoms with Crippen LogP contribution in [0, 0.1) is 5.92 Å². The van der Waals surface area contributed by atoms with E-state index in [9.17, 15) is 4.79 Å². The van der Waals surface area contributed by atoms with Crippen molar-refractivity contribution < 1.29 is 9.53 Å². The highest BCUT2D eigenvalue weighted by atomic mass is 16.5. The Kier molecular flexibility index (Phi) is 4.59. The van der Waals surface area contributed by atoms with Crippen LogP contribution in [-0.4, -0.2) is 64.6 Å². The summed E-state index contributed by atoms with van der Waals surface area (Å²) in [4.78, 5) is 25.1. The molecule has 0 aromatic carbocycles. The van der Waals surface area contributed by atoms with Gasteiger partial charge in [0.15, 0.2) is 0 Å². The van der Waals surface area contributed by atoms with Crippen molar-refractivity contribution in [3.63, 3.8) is 0 Å². The van der Waals surface area contributed by atoms with Gasteiger partial charge in [0.25, 0.3) is 0 Å². The van der Waals surface area contributed by atoms with E-state index < -0.39 is 0 Å². The average molecular weight is 332 g/mol. The summed E-state index contributed by atoms with van der Waals surface area (Å²) in [6.07, 6.45) is 11.2. The molecule has 3 heterocycles. The topological polar surface area (TPSA) is 61.5 Å². The van der Waals surface area contributed by atoms with E-state index in [2.05, 4.69) is 14.9 Å². The number of hydrogen-bond donors (Lipinski definition) is 1. The molecule has 1 N–H and O–H groups in total. The molecule has 1 amide bonds. The summed E-state index contributed by atoms with van der Waals surface area (Å²) in [5, 5.41) is 0. The molecule has 1 aliphatic carbocycles. The molecule has 0 bridgehead atoms. The molecule has 24 heavy (non-hydrogen) atoms. The van der Waals surface area contributed by atoms with E-state index in [1.54, 1.807) is 13.3 Å². The Morgan fingerprint density at radius 2 is 2.04 bits per heavy atom. The van der Waals surface area contributed by atoms with E-state index in [1.165, 1.54) is 32.1 Å². The lowest BCUT2D eigenvalue weighted by molar-refractivity contribution is -0.144. The van der Waals surface area contributed by atoms with Crippen molar-refractivity contribution in [3.05, 3.63) is 18.2 Å². The summed E-state index contributed by atoms with van der Waals surface area (Å²) in [7, 11) is 1.73. The molecule has 132 valence electrons. The number of nitrogens with zero attached hydrogens (tertiary/aromatic N) is 3. The average Bonchev–Trinajstić information content (AvgIpc) is 3.23. The largest absolute Gasteiger partial charge is 0.380 e. The van der Waals surface area contributed by atoms with Gasteiger partial charge < -0.3 is 14.6 Å². The smallest absolute Gasteiger partial charge is 0.228 e. The Morgan fingerprint density at radius 3 is 2.71 bits per heavy atom. The quantitative estimate of drug-likeness (QED) is 0.916. The summed E-state index contributed by atoms with van der Waals surface area (Å²) < 4.78 is 5.52. The third kappa shape index (κ3) is 2.97. The maximum absolute atomic E-state index is 13.0. The maximum atomic E-state index is 13.0. The summed E-state index contributed by atoms with van der Waals surface area (Å²) in [5.74, 6) is 1.31. The van der Waals surface area contributed by atoms with Crippen LogP contribution in [0.4, 0.5) is 0 Å². The van der Waals surface area contributed by atoms with Crippen LogP contribution in [0.2, 0.25) is 0 Å². The Balaban J connectivity index is 1.38. The molecule has 1 aromatic heterocycles. The van der Waals surface area contributed by atoms with Crippen molar-refractivity contribution in [2.24, 2.45) is 5.92 Å². The number of imidazole rings is 1. The van der Waals surface area contributed by atoms with Crippen LogP contribution in [-0.2, 0) is 9.53 Å². The van der Waals surface area contributed by atoms with Gasteiger partial charge in [0.1, 0.15) is 5.82 Å². The van der Waals surface area contributed by atoms with Gasteiger partial charge in [-0.25, -0.2) is 4.98 Å². The van der Waals surface area contributed by atoms with E-state index in [0.29, 0.717) is 12.6 Å². The molecular formula is C18H28N4O2. The SMILES string of the molecule is CO[C@@H]1C[C@@H](c2ncc[nH]2)N(C(=O)C2CN(C3CCCCC3)C2)C1. The number of carbonyl (C=O) groups excluding carboxylic acids is 1. The first-order valence-electron chi connectivity index (χ1n) is 9.33. The highest BCUT2D eigenvalue weighted by molar-refractivity contribution is 5.81. The third-order valence-corrected chi connectivity index (χ3v) is 6.06. The van der Waals surface area contributed by atoms with Gasteiger partial charge in [-0.2, -0.15) is 0 Å². The minimum absolute atomic E-state index is 0.0289. The van der Waals surface area contributed by atoms with Gasteiger partial charge in [-0.1, -0.05) is 19.3 Å². The van der Waals surface area contributed by atoms with Crippen LogP contribution in [0.5, 0.6) is 0 Å². The van der Waals surface area contributed by atoms with E-state index in [4.69, 9.17) is 4.74 Å². The number of aromatic nitrogens is 2. The fraction of sp³-hybridized carbons (Fsp3) is 0.778. The van der Waals surface area contributed by atoms with E-state index in [1.807, 2.05) is 11.1 Å². The predicted octanol–water partition coefficient (Wildman–Crippen LogP) is 1.96. The zero-order valence-corrected chi connectivity index (χ0v) is 14.5. The molecule has 1 saturated carbocycles. The van der Waals surface area contributed by atoms with Gasteiger partial charge in [0.05, 0.1) is 18.1 Å². The molecular weight excluding hydrogens is 304 g/mol. The zero-order valence-electron chi connectivity index (χ0n) is 14.5. The second-order valence-electron chi connectivity index (χ2n) is 7.52. The van der Waals surface area contributed by atoms with Crippen molar-refractivity contribution in [2.75, 3.05) is 26.7 Å². The van der Waals surface area contributed by atoms with E-state index in [-0.39, 0.29) is 24.0 Å². The third-order valence-electron chi connectivity index (χ3n) is 6.06. The van der Waals surface area contributed by atoms with Crippen LogP contribution < -0.4 is 0 Å². The standard InChI is InChI=1S/C18H28N4O2/c1-24-15-9-16(17-19-7-8-20-17)22(12-15)18(23)13-10-21(11-13)14-5-3-2-4-6-14/h7-8,13-16H,2-6,9-12H2,1H3,(H,19,20)/t15-,16+/m1/s1. The second kappa shape index (κ2) is 6.84. The van der Waals surface area contributed by atoms with Gasteiger partial charge in [-0.05, 0) is 12.8 Å². The number of nitrogens with one attached hydrogen (secondary N) is 1. The Labute approximate surface area is 143 Å². The number of amides is 1. The zero-order chi connectivity index (χ0) is 16.5. The minimum Gasteiger partial charge on any atom is -0.380 e. The molecule has 3 aliphatic rings. The highest BCUT2D eigenvalue weighted by Crippen LogP contribution is 2.35. The van der Waals surface area contributed by atoms with Gasteiger partial charge >= 0.3 is 0 Å². The summed E-state index contributed by atoms with van der Waals surface area (Å²) >= 11 is 0. The molecule has 6 heteroatoms. The summed E-state index contributed by atoms with van der Waals surface area (Å²) in [5.41, 5.74) is 0. The van der Waals surface area contributed by atoms with Gasteiger partial charge in [0, 0.05) is 51.6 Å². The Bertz CT molecular complexity index is 549. The van der Waals surface area contributed by atoms with Crippen LogP contribution in [0.25, 0.3) is 0 Å². The fourth-order valence-corrected chi connectivity index (χ4v) is 4.58. The van der Waals surface area contributed by atoms with Crippen LogP contribution in [0.1, 0.15) is 50.4 Å². The van der Waals surface area contributed by atoms with Crippen molar-refractivity contribution in [3.8, 4) is 0 Å². The Morgan fingerprint density at radius 1 is 1.25 bits per heavy atom. The monoisotopic (exact) mass is 332 g/mol. The number of ether oxygens (including phenoxy) is 1. The lowest BCUT2D eigenvalue weighted by Crippen LogP contribution is -2.58. The van der Waals surface area contributed by atoms with Crippen molar-refractivity contribution in [2.45, 2.75) is 56.7 Å². The molecule has 0 radical (unpaired) electrons. The summed E-state index contributed by atoms with van der Waals surface area (Å²) in [6, 6.07) is 0.746. The van der Waals surface area contributed by atoms with Crippen LogP contribution in [0.3, 0.4) is 0 Å². The number of rotatable bonds is 4. The molecule has 2 atom stereocenters. The number of carbonyl (C=O) groups is 1. The first-order chi connectivity index (χ1) is 11.8. The fourth-order valence-electron chi connectivity index (χ4n) is 4.58. The number of likely N-dealkylation sites (tertiary alicyclic amines) is 2. The molecule has 4 rings (SSSR count). The predicted molar refractivity (Wildman–Crippen MR) is 90.4 cm³/mol. The van der Waals surface area contributed by atoms with Crippen LogP contribution >= 0.6 is 0 Å². The van der Waals surface area contributed by atoms with Crippen molar-refractivity contribution in [1.82, 2.24) is 19.8 Å². The number of aromatic amines is 1. The molecule has 0 spiro atoms. The van der Waals surface area contributed by atoms with E-state index in [0.717, 1.165) is 25.3 Å². The van der Waals surface area contributed by atoms with Gasteiger partial charge in [0.2, 0.25) is 5.91 Å². The molecule has 6 nitrogen and oxygen atoms in total. The summed E-state index contributed by atoms with van der Waals surface area (Å²) in [6.45, 7) is 2.55. The van der Waals surface area contributed by atoms with Crippen molar-refractivity contribution >= 4 is 5.91 Å². The Hall–Kier alpha value is -1.40. The normalized spacial score (nSPS) is 29.8. The number of hydrogen-bond acceptors (Lipinski definition) is 4. The van der Waals surface area contributed by atoms with E-state index >= 15 is 0 Å². The molecule has 3 fully saturated rings. The molecule has 2 aliphatic heterocycles. The maximum Gasteiger partial charge on any atom is 0.228 e. The lowest BCUT2D eigenvalue weighted by Gasteiger charge is -2.46. The molecule has 1 aromatic rings. The minimum atomic E-state index is 0.0289. The second-order valence-corrected chi connectivity index (χ2v) is 7.52. The first kappa shape index (κ1) is 16.1. The molecule has 0 unspecified atom stereocenters. The lowest BCUT2D eigenvalue weighted by atomic mass is 9.88. The highest BCUT2D eigenvalue weighted by Gasteiger charge is 2.44. The van der Waals surface area contributed by atoms with Gasteiger partial charge in [-0.15, -0.1) is 0 Å². The number of methoxy groups -OCH3 is 1. The number of H-pyrrole nitrogens is 1.